The van der Waals surface area contributed by atoms with Gasteiger partial charge in [-0.2, -0.15) is 0 Å². The summed E-state index contributed by atoms with van der Waals surface area (Å²) in [5, 5.41) is 1.17. The summed E-state index contributed by atoms with van der Waals surface area (Å²) in [6.07, 6.45) is 0. The van der Waals surface area contributed by atoms with E-state index in [2.05, 4.69) is 15.9 Å². The molecule has 2 rings (SSSR count). The third-order valence-corrected chi connectivity index (χ3v) is 4.15. The molecule has 0 heterocycles. The van der Waals surface area contributed by atoms with E-state index in [1.54, 1.807) is 19.1 Å². The molecule has 2 aromatic carbocycles. The quantitative estimate of drug-likeness (QED) is 0.591. The van der Waals surface area contributed by atoms with E-state index in [1.165, 1.54) is 6.07 Å². The summed E-state index contributed by atoms with van der Waals surface area (Å²) in [5.74, 6) is -0.206. The Hall–Kier alpha value is -0.570. The van der Waals surface area contributed by atoms with Crippen molar-refractivity contribution >= 4 is 39.1 Å². The van der Waals surface area contributed by atoms with Crippen molar-refractivity contribution < 1.29 is 4.39 Å². The first kappa shape index (κ1) is 13.9. The average Bonchev–Trinajstić information content (AvgIpc) is 2.30. The third-order valence-electron chi connectivity index (χ3n) is 2.65. The monoisotopic (exact) mass is 346 g/mol. The second-order valence-corrected chi connectivity index (χ2v) is 5.86. The van der Waals surface area contributed by atoms with Crippen LogP contribution in [0.4, 0.5) is 4.39 Å². The van der Waals surface area contributed by atoms with Gasteiger partial charge in [-0.25, -0.2) is 4.39 Å². The van der Waals surface area contributed by atoms with Crippen LogP contribution in [0.2, 0.25) is 10.0 Å². The minimum Gasteiger partial charge on any atom is -0.207 e. The van der Waals surface area contributed by atoms with Crippen LogP contribution in [-0.2, 0) is 0 Å². The molecule has 4 heteroatoms. The lowest BCUT2D eigenvalue weighted by molar-refractivity contribution is 0.618. The molecule has 0 fully saturated rings. The largest absolute Gasteiger partial charge is 0.207 e. The van der Waals surface area contributed by atoms with Crippen LogP contribution in [0, 0.1) is 12.7 Å². The fourth-order valence-electron chi connectivity index (χ4n) is 1.74. The minimum atomic E-state index is -0.206. The number of benzene rings is 2. The first-order valence-corrected chi connectivity index (χ1v) is 7.00. The van der Waals surface area contributed by atoms with Crippen LogP contribution in [0.3, 0.4) is 0 Å². The van der Waals surface area contributed by atoms with Gasteiger partial charge in [-0.1, -0.05) is 51.3 Å². The molecule has 0 spiro atoms. The van der Waals surface area contributed by atoms with Crippen molar-refractivity contribution in [3.8, 4) is 0 Å². The van der Waals surface area contributed by atoms with E-state index in [0.29, 0.717) is 15.6 Å². The van der Waals surface area contributed by atoms with E-state index in [-0.39, 0.29) is 10.6 Å². The van der Waals surface area contributed by atoms with Crippen LogP contribution in [-0.4, -0.2) is 0 Å². The number of aryl methyl sites for hydroxylation is 1. The summed E-state index contributed by atoms with van der Waals surface area (Å²) < 4.78 is 13.2. The predicted molar refractivity (Wildman–Crippen MR) is 78.4 cm³/mol. The van der Waals surface area contributed by atoms with Gasteiger partial charge in [0.1, 0.15) is 5.82 Å². The molecule has 0 saturated heterocycles. The van der Waals surface area contributed by atoms with Gasteiger partial charge in [-0.05, 0) is 47.9 Å². The predicted octanol–water partition coefficient (Wildman–Crippen LogP) is 5.93. The molecule has 0 N–H and O–H groups in total. The average molecular weight is 348 g/mol. The fourth-order valence-corrected chi connectivity index (χ4v) is 2.83. The van der Waals surface area contributed by atoms with E-state index >= 15 is 0 Å². The lowest BCUT2D eigenvalue weighted by atomic mass is 10.0. The molecule has 0 aliphatic carbocycles. The molecule has 0 saturated carbocycles. The highest BCUT2D eigenvalue weighted by molar-refractivity contribution is 9.09. The molecule has 1 unspecified atom stereocenters. The van der Waals surface area contributed by atoms with Crippen molar-refractivity contribution in [2.75, 3.05) is 0 Å². The van der Waals surface area contributed by atoms with Crippen molar-refractivity contribution in [1.29, 1.82) is 0 Å². The van der Waals surface area contributed by atoms with Crippen molar-refractivity contribution in [3.05, 3.63) is 69.0 Å². The second-order valence-electron chi connectivity index (χ2n) is 4.07. The summed E-state index contributed by atoms with van der Waals surface area (Å²) in [4.78, 5) is -0.0620. The van der Waals surface area contributed by atoms with Crippen molar-refractivity contribution in [3.63, 3.8) is 0 Å². The number of hydrogen-bond donors (Lipinski definition) is 0. The van der Waals surface area contributed by atoms with Crippen molar-refractivity contribution in [2.24, 2.45) is 0 Å². The Morgan fingerprint density at radius 2 is 1.61 bits per heavy atom. The molecule has 2 aromatic rings. The Bertz CT molecular complexity index is 564. The van der Waals surface area contributed by atoms with Crippen molar-refractivity contribution in [1.82, 2.24) is 0 Å². The van der Waals surface area contributed by atoms with Gasteiger partial charge in [-0.15, -0.1) is 0 Å². The maximum absolute atomic E-state index is 13.2. The smallest absolute Gasteiger partial charge is 0.126 e. The number of hydrogen-bond acceptors (Lipinski definition) is 0. The van der Waals surface area contributed by atoms with Gasteiger partial charge in [0.15, 0.2) is 0 Å². The number of halogens is 4. The lowest BCUT2D eigenvalue weighted by Gasteiger charge is -2.12. The zero-order valence-corrected chi connectivity index (χ0v) is 12.7. The first-order chi connectivity index (χ1) is 8.47. The van der Waals surface area contributed by atoms with Crippen molar-refractivity contribution in [2.45, 2.75) is 11.8 Å². The molecule has 0 amide bonds. The molecule has 94 valence electrons. The topological polar surface area (TPSA) is 0 Å². The van der Waals surface area contributed by atoms with E-state index in [4.69, 9.17) is 23.2 Å². The molecule has 0 aromatic heterocycles. The summed E-state index contributed by atoms with van der Waals surface area (Å²) in [6, 6.07) is 10.4. The lowest BCUT2D eigenvalue weighted by Crippen LogP contribution is -1.95. The summed E-state index contributed by atoms with van der Waals surface area (Å²) >= 11 is 15.5. The molecule has 0 nitrogen and oxygen atoms in total. The van der Waals surface area contributed by atoms with Gasteiger partial charge in [-0.3, -0.25) is 0 Å². The normalized spacial score (nSPS) is 12.5. The van der Waals surface area contributed by atoms with E-state index in [9.17, 15) is 4.39 Å². The van der Waals surface area contributed by atoms with E-state index in [0.717, 1.165) is 11.1 Å². The van der Waals surface area contributed by atoms with Gasteiger partial charge in [0.2, 0.25) is 0 Å². The Balaban J connectivity index is 2.40. The van der Waals surface area contributed by atoms with E-state index < -0.39 is 0 Å². The Labute approximate surface area is 124 Å². The maximum Gasteiger partial charge on any atom is 0.126 e. The zero-order chi connectivity index (χ0) is 13.3. The van der Waals surface area contributed by atoms with Gasteiger partial charge < -0.3 is 0 Å². The van der Waals surface area contributed by atoms with Gasteiger partial charge >= 0.3 is 0 Å². The van der Waals surface area contributed by atoms with Gasteiger partial charge in [0.05, 0.1) is 4.83 Å². The third kappa shape index (κ3) is 3.05. The molecule has 0 aliphatic rings. The summed E-state index contributed by atoms with van der Waals surface area (Å²) in [7, 11) is 0. The molecular formula is C14H10BrCl2F. The van der Waals surface area contributed by atoms with Crippen LogP contribution in [0.1, 0.15) is 21.5 Å². The van der Waals surface area contributed by atoms with Gasteiger partial charge in [0, 0.05) is 10.0 Å². The number of rotatable bonds is 2. The van der Waals surface area contributed by atoms with Crippen LogP contribution in [0.25, 0.3) is 0 Å². The number of alkyl halides is 1. The molecule has 18 heavy (non-hydrogen) atoms. The molecule has 0 aliphatic heterocycles. The second kappa shape index (κ2) is 5.60. The van der Waals surface area contributed by atoms with E-state index in [1.807, 2.05) is 18.2 Å². The molecular weight excluding hydrogens is 338 g/mol. The van der Waals surface area contributed by atoms with Crippen LogP contribution < -0.4 is 0 Å². The van der Waals surface area contributed by atoms with Crippen LogP contribution >= 0.6 is 39.1 Å². The highest BCUT2D eigenvalue weighted by Crippen LogP contribution is 2.34. The van der Waals surface area contributed by atoms with Crippen LogP contribution in [0.15, 0.2) is 36.4 Å². The molecule has 0 radical (unpaired) electrons. The summed E-state index contributed by atoms with van der Waals surface area (Å²) in [5.41, 5.74) is 2.52. The Kier molecular flexibility index (Phi) is 4.31. The maximum atomic E-state index is 13.2. The molecule has 1 atom stereocenters. The highest BCUT2D eigenvalue weighted by atomic mass is 79.9. The fraction of sp³-hybridized carbons (Fsp3) is 0.143. The molecule has 0 bridgehead atoms. The Morgan fingerprint density at radius 1 is 1.00 bits per heavy atom. The minimum absolute atomic E-state index is 0.0620. The summed E-state index contributed by atoms with van der Waals surface area (Å²) in [6.45, 7) is 1.74. The highest BCUT2D eigenvalue weighted by Gasteiger charge is 2.13. The Morgan fingerprint density at radius 3 is 2.17 bits per heavy atom. The van der Waals surface area contributed by atoms with Crippen LogP contribution in [0.5, 0.6) is 0 Å². The van der Waals surface area contributed by atoms with Gasteiger partial charge in [0.25, 0.3) is 0 Å². The zero-order valence-electron chi connectivity index (χ0n) is 9.55. The first-order valence-electron chi connectivity index (χ1n) is 5.33. The standard InChI is InChI=1S/C14H10BrCl2F/c1-8-4-9(2-3-13(8)18)14(15)10-5-11(16)7-12(17)6-10/h2-7,14H,1H3. The SMILES string of the molecule is Cc1cc(C(Br)c2cc(Cl)cc(Cl)c2)ccc1F.